The fourth-order valence-electron chi connectivity index (χ4n) is 2.68. The number of rotatable bonds is 6. The van der Waals surface area contributed by atoms with Crippen molar-refractivity contribution in [2.45, 2.75) is 25.4 Å². The largest absolute Gasteiger partial charge is 0.705 e. The molecule has 4 unspecified atom stereocenters. The van der Waals surface area contributed by atoms with Gasteiger partial charge in [-0.25, -0.2) is 19.5 Å². The minimum atomic E-state index is -4.75. The first-order chi connectivity index (χ1) is 12.2. The minimum Gasteiger partial charge on any atom is -0.390 e. The lowest BCUT2D eigenvalue weighted by molar-refractivity contribution is -0.0435. The quantitative estimate of drug-likeness (QED) is 0.471. The molecule has 13 nitrogen and oxygen atoms in total. The second-order valence-electron chi connectivity index (χ2n) is 5.58. The van der Waals surface area contributed by atoms with Crippen LogP contribution in [0.3, 0.4) is 0 Å². The van der Waals surface area contributed by atoms with Crippen molar-refractivity contribution in [3.8, 4) is 0 Å². The number of aliphatic hydroxyl groups is 1. The molecule has 6 atom stereocenters. The Hall–Kier alpha value is -1.56. The summed E-state index contributed by atoms with van der Waals surface area (Å²) in [5.74, 6) is -0.262. The first-order valence-electron chi connectivity index (χ1n) is 7.29. The number of nitrogen functional groups attached to an aromatic ring is 1. The maximum atomic E-state index is 11.5. The molecule has 3 heterocycles. The van der Waals surface area contributed by atoms with Gasteiger partial charge in [0.25, 0.3) is 0 Å². The predicted molar refractivity (Wildman–Crippen MR) is 85.5 cm³/mol. The lowest BCUT2D eigenvalue weighted by atomic mass is 10.0. The van der Waals surface area contributed by atoms with Crippen LogP contribution in [0.25, 0.3) is 11.2 Å². The van der Waals surface area contributed by atoms with Crippen molar-refractivity contribution in [1.29, 1.82) is 0 Å². The highest BCUT2D eigenvalue weighted by Gasteiger charge is 2.44. The van der Waals surface area contributed by atoms with Crippen LogP contribution in [0.2, 0.25) is 0 Å². The standard InChI is InChI=1S/C11H15N5O8P2/c1-5-8(17)6(2-22-26(20,21)24-25(18)19)23-11(5)16-4-15-7-9(12)13-3-14-10(7)16/h3-6,8,11,17H,2H2,1H3,(H3-,12,13,14,18,19,20,21)/p+1/t5?,6-,8?,11-/m1/s1. The second kappa shape index (κ2) is 7.22. The molecule has 0 spiro atoms. The Balaban J connectivity index is 1.76. The molecule has 2 aromatic heterocycles. The van der Waals surface area contributed by atoms with Crippen molar-refractivity contribution < 1.29 is 37.6 Å². The number of phosphoric acid groups is 1. The van der Waals surface area contributed by atoms with Gasteiger partial charge in [0.05, 0.1) is 19.0 Å². The molecule has 15 heteroatoms. The zero-order valence-electron chi connectivity index (χ0n) is 13.3. The summed E-state index contributed by atoms with van der Waals surface area (Å²) in [5.41, 5.74) is 6.51. The number of fused-ring (bicyclic) bond motifs is 1. The number of anilines is 1. The number of hydrogen-bond acceptors (Lipinski definition) is 10. The van der Waals surface area contributed by atoms with Gasteiger partial charge in [-0.1, -0.05) is 6.92 Å². The van der Waals surface area contributed by atoms with E-state index in [1.54, 1.807) is 11.5 Å². The monoisotopic (exact) mass is 408 g/mol. The van der Waals surface area contributed by atoms with E-state index in [9.17, 15) is 19.1 Å². The average Bonchev–Trinajstić information content (AvgIpc) is 3.08. The Labute approximate surface area is 147 Å². The van der Waals surface area contributed by atoms with E-state index >= 15 is 0 Å². The molecule has 1 aliphatic heterocycles. The number of nitrogens with two attached hydrogens (primary N) is 1. The maximum Gasteiger partial charge on any atom is 0.705 e. The van der Waals surface area contributed by atoms with Crippen molar-refractivity contribution in [1.82, 2.24) is 19.5 Å². The Bertz CT molecular complexity index is 877. The van der Waals surface area contributed by atoms with E-state index in [1.807, 2.05) is 0 Å². The van der Waals surface area contributed by atoms with E-state index in [0.717, 1.165) is 0 Å². The molecule has 0 aliphatic carbocycles. The highest BCUT2D eigenvalue weighted by atomic mass is 31.2. The Morgan fingerprint density at radius 2 is 2.19 bits per heavy atom. The van der Waals surface area contributed by atoms with Gasteiger partial charge in [-0.15, -0.1) is 4.89 Å². The van der Waals surface area contributed by atoms with Crippen molar-refractivity contribution in [2.75, 3.05) is 12.3 Å². The Morgan fingerprint density at radius 3 is 2.88 bits per heavy atom. The van der Waals surface area contributed by atoms with Crippen molar-refractivity contribution in [3.63, 3.8) is 0 Å². The smallest absolute Gasteiger partial charge is 0.390 e. The van der Waals surface area contributed by atoms with E-state index in [2.05, 4.69) is 23.8 Å². The third-order valence-corrected chi connectivity index (χ3v) is 5.78. The number of aliphatic hydroxyl groups excluding tert-OH is 1. The van der Waals surface area contributed by atoms with Crippen LogP contribution < -0.4 is 5.73 Å². The number of aromatic nitrogens is 4. The van der Waals surface area contributed by atoms with Gasteiger partial charge in [-0.05, 0) is 4.31 Å². The lowest BCUT2D eigenvalue weighted by Crippen LogP contribution is -2.29. The summed E-state index contributed by atoms with van der Waals surface area (Å²) in [6, 6.07) is 0. The van der Waals surface area contributed by atoms with Gasteiger partial charge < -0.3 is 15.6 Å². The van der Waals surface area contributed by atoms with E-state index in [1.165, 1.54) is 12.7 Å². The lowest BCUT2D eigenvalue weighted by Gasteiger charge is -2.17. The fourth-order valence-corrected chi connectivity index (χ4v) is 3.91. The minimum absolute atomic E-state index is 0.191. The van der Waals surface area contributed by atoms with Crippen LogP contribution in [0.4, 0.5) is 5.82 Å². The van der Waals surface area contributed by atoms with Crippen LogP contribution in [-0.2, 0) is 22.7 Å². The van der Waals surface area contributed by atoms with Gasteiger partial charge in [-0.2, -0.15) is 0 Å². The van der Waals surface area contributed by atoms with Crippen molar-refractivity contribution in [2.24, 2.45) is 5.92 Å². The summed E-state index contributed by atoms with van der Waals surface area (Å²) >= 11 is 0. The molecule has 3 rings (SSSR count). The zero-order valence-corrected chi connectivity index (χ0v) is 15.1. The Morgan fingerprint density at radius 1 is 1.46 bits per heavy atom. The average molecular weight is 408 g/mol. The topological polar surface area (TPSA) is 192 Å². The predicted octanol–water partition coefficient (Wildman–Crippen LogP) is 0.0862. The third-order valence-electron chi connectivity index (χ3n) is 3.92. The van der Waals surface area contributed by atoms with Gasteiger partial charge in [0.2, 0.25) is 0 Å². The zero-order chi connectivity index (χ0) is 19.1. The van der Waals surface area contributed by atoms with E-state index in [0.29, 0.717) is 11.2 Å². The fraction of sp³-hybridized carbons (Fsp3) is 0.545. The van der Waals surface area contributed by atoms with E-state index in [4.69, 9.17) is 15.4 Å². The normalized spacial score (nSPS) is 29.0. The molecule has 142 valence electrons. The summed E-state index contributed by atoms with van der Waals surface area (Å²) in [7, 11) is -8.08. The molecule has 5 N–H and O–H groups in total. The van der Waals surface area contributed by atoms with Crippen LogP contribution in [0, 0.1) is 5.92 Å². The first-order valence-corrected chi connectivity index (χ1v) is 9.92. The highest BCUT2D eigenvalue weighted by molar-refractivity contribution is 7.55. The molecule has 1 aliphatic rings. The van der Waals surface area contributed by atoms with E-state index < -0.39 is 47.0 Å². The maximum absolute atomic E-state index is 11.5. The molecule has 0 amide bonds. The van der Waals surface area contributed by atoms with Gasteiger partial charge in [0, 0.05) is 10.5 Å². The molecule has 0 aromatic carbocycles. The Kier molecular flexibility index (Phi) is 5.33. The summed E-state index contributed by atoms with van der Waals surface area (Å²) in [4.78, 5) is 29.9. The number of nitrogens with zero attached hydrogens (tertiary/aromatic N) is 4. The summed E-state index contributed by atoms with van der Waals surface area (Å²) in [6.45, 7) is 1.16. The van der Waals surface area contributed by atoms with Crippen molar-refractivity contribution >= 4 is 33.1 Å². The van der Waals surface area contributed by atoms with Crippen LogP contribution in [0.15, 0.2) is 12.7 Å². The number of imidazole rings is 1. The molecule has 1 saturated heterocycles. The third kappa shape index (κ3) is 3.75. The van der Waals surface area contributed by atoms with Gasteiger partial charge in [0.15, 0.2) is 11.5 Å². The molecule has 1 fully saturated rings. The summed E-state index contributed by atoms with van der Waals surface area (Å²) in [6.07, 6.45) is -0.0521. The van der Waals surface area contributed by atoms with Crippen LogP contribution in [0.1, 0.15) is 13.2 Å². The van der Waals surface area contributed by atoms with E-state index in [-0.39, 0.29) is 5.82 Å². The molecular formula is C11H16N5O8P2+. The van der Waals surface area contributed by atoms with Gasteiger partial charge in [0.1, 0.15) is 24.2 Å². The number of phosphoric ester groups is 1. The molecular weight excluding hydrogens is 392 g/mol. The van der Waals surface area contributed by atoms with Gasteiger partial charge in [-0.3, -0.25) is 14.0 Å². The van der Waals surface area contributed by atoms with Crippen molar-refractivity contribution in [3.05, 3.63) is 12.7 Å². The summed E-state index contributed by atoms with van der Waals surface area (Å²) < 4.78 is 37.7. The molecule has 2 aromatic rings. The van der Waals surface area contributed by atoms with Crippen LogP contribution >= 0.6 is 16.1 Å². The SMILES string of the molecule is CC1C(O)[C@@H](COP(=O)(O)O[P+](=O)O)O[C@H]1n1cnc2c(N)ncnc21. The summed E-state index contributed by atoms with van der Waals surface area (Å²) in [5, 5.41) is 10.3. The molecule has 0 bridgehead atoms. The van der Waals surface area contributed by atoms with Gasteiger partial charge >= 0.3 is 16.1 Å². The first kappa shape index (κ1) is 19.2. The highest BCUT2D eigenvalue weighted by Crippen LogP contribution is 2.51. The molecule has 0 saturated carbocycles. The van der Waals surface area contributed by atoms with Crippen LogP contribution in [-0.4, -0.2) is 53.2 Å². The van der Waals surface area contributed by atoms with Crippen LogP contribution in [0.5, 0.6) is 0 Å². The molecule has 0 radical (unpaired) electrons. The number of hydrogen-bond donors (Lipinski definition) is 4. The molecule has 26 heavy (non-hydrogen) atoms. The number of ether oxygens (including phenoxy) is 1. The second-order valence-corrected chi connectivity index (χ2v) is 7.91.